The minimum Gasteiger partial charge on any atom is -0.461 e. The van der Waals surface area contributed by atoms with Crippen molar-refractivity contribution in [2.75, 3.05) is 0 Å². The first-order valence-corrected chi connectivity index (χ1v) is 7.15. The average molecular weight is 297 g/mol. The maximum atomic E-state index is 12.1. The molecule has 0 unspecified atom stereocenters. The number of hydrogen-bond donors (Lipinski definition) is 1. The van der Waals surface area contributed by atoms with E-state index < -0.39 is 0 Å². The van der Waals surface area contributed by atoms with Crippen molar-refractivity contribution in [1.29, 1.82) is 0 Å². The molecule has 0 aliphatic heterocycles. The van der Waals surface area contributed by atoms with Gasteiger partial charge in [0.1, 0.15) is 17.6 Å². The highest BCUT2D eigenvalue weighted by Crippen LogP contribution is 2.48. The summed E-state index contributed by atoms with van der Waals surface area (Å²) in [4.78, 5) is 12.1. The van der Waals surface area contributed by atoms with E-state index in [4.69, 9.17) is 4.74 Å². The van der Waals surface area contributed by atoms with E-state index in [0.29, 0.717) is 0 Å². The first-order valence-electron chi connectivity index (χ1n) is 7.15. The highest BCUT2D eigenvalue weighted by molar-refractivity contribution is 5.77. The Balaban J connectivity index is 1.37. The molecule has 1 aliphatic carbocycles. The quantitative estimate of drug-likeness (QED) is 0.738. The number of benzene rings is 1. The third-order valence-corrected chi connectivity index (χ3v) is 4.01. The normalized spacial score (nSPS) is 20.2. The van der Waals surface area contributed by atoms with Gasteiger partial charge in [0.2, 0.25) is 0 Å². The Morgan fingerprint density at radius 3 is 3.09 bits per heavy atom. The topological polar surface area (TPSA) is 85.7 Å². The summed E-state index contributed by atoms with van der Waals surface area (Å²) >= 11 is 0. The Kier molecular flexibility index (Phi) is 2.92. The molecule has 0 saturated heterocycles. The zero-order chi connectivity index (χ0) is 15.1. The maximum Gasteiger partial charge on any atom is 0.309 e. The summed E-state index contributed by atoms with van der Waals surface area (Å²) in [5, 5.41) is 14.7. The SMILES string of the molecule is Cn1cc([C@H]2C[C@H]2C(=O)OCc2ccc3n[nH]nc3c2)cn1. The number of esters is 1. The fraction of sp³-hybridized carbons (Fsp3) is 0.333. The first kappa shape index (κ1) is 13.0. The molecule has 2 atom stereocenters. The summed E-state index contributed by atoms with van der Waals surface area (Å²) in [5.74, 6) is 0.0632. The van der Waals surface area contributed by atoms with Crippen LogP contribution in [-0.4, -0.2) is 31.2 Å². The van der Waals surface area contributed by atoms with Crippen molar-refractivity contribution >= 4 is 17.0 Å². The summed E-state index contributed by atoms with van der Waals surface area (Å²) in [6.07, 6.45) is 4.61. The number of nitrogens with zero attached hydrogens (tertiary/aromatic N) is 4. The summed E-state index contributed by atoms with van der Waals surface area (Å²) in [7, 11) is 1.87. The summed E-state index contributed by atoms with van der Waals surface area (Å²) < 4.78 is 7.16. The molecule has 112 valence electrons. The van der Waals surface area contributed by atoms with Crippen LogP contribution in [0.1, 0.15) is 23.5 Å². The van der Waals surface area contributed by atoms with E-state index in [0.717, 1.165) is 28.6 Å². The van der Waals surface area contributed by atoms with Gasteiger partial charge < -0.3 is 4.74 Å². The molecule has 2 aromatic heterocycles. The molecule has 7 nitrogen and oxygen atoms in total. The van der Waals surface area contributed by atoms with Crippen molar-refractivity contribution in [2.45, 2.75) is 18.9 Å². The number of rotatable bonds is 4. The zero-order valence-corrected chi connectivity index (χ0v) is 12.1. The number of aromatic amines is 1. The monoisotopic (exact) mass is 297 g/mol. The molecule has 3 aromatic rings. The molecule has 1 saturated carbocycles. The van der Waals surface area contributed by atoms with Crippen LogP contribution < -0.4 is 0 Å². The molecule has 0 bridgehead atoms. The van der Waals surface area contributed by atoms with Gasteiger partial charge in [0.25, 0.3) is 0 Å². The fourth-order valence-electron chi connectivity index (χ4n) is 2.69. The van der Waals surface area contributed by atoms with Crippen LogP contribution in [0.5, 0.6) is 0 Å². The minimum absolute atomic E-state index is 0.0417. The van der Waals surface area contributed by atoms with Gasteiger partial charge in [-0.05, 0) is 29.7 Å². The summed E-state index contributed by atoms with van der Waals surface area (Å²) in [6, 6.07) is 5.62. The number of aromatic nitrogens is 5. The van der Waals surface area contributed by atoms with Gasteiger partial charge in [-0.2, -0.15) is 20.5 Å². The molecule has 2 heterocycles. The second kappa shape index (κ2) is 4.94. The predicted octanol–water partition coefficient (Wildman–Crippen LogP) is 1.54. The lowest BCUT2D eigenvalue weighted by molar-refractivity contribution is -0.146. The average Bonchev–Trinajstić information content (AvgIpc) is 2.97. The zero-order valence-electron chi connectivity index (χ0n) is 12.1. The molecule has 0 spiro atoms. The van der Waals surface area contributed by atoms with Gasteiger partial charge >= 0.3 is 5.97 Å². The van der Waals surface area contributed by atoms with Crippen molar-refractivity contribution < 1.29 is 9.53 Å². The van der Waals surface area contributed by atoms with Crippen LogP contribution in [0.2, 0.25) is 0 Å². The van der Waals surface area contributed by atoms with Gasteiger partial charge in [0, 0.05) is 19.2 Å². The van der Waals surface area contributed by atoms with Gasteiger partial charge in [-0.25, -0.2) is 0 Å². The number of carbonyl (C=O) groups is 1. The van der Waals surface area contributed by atoms with Crippen LogP contribution in [0.4, 0.5) is 0 Å². The Morgan fingerprint density at radius 2 is 2.27 bits per heavy atom. The third kappa shape index (κ3) is 2.34. The van der Waals surface area contributed by atoms with Gasteiger partial charge in [0.05, 0.1) is 12.1 Å². The van der Waals surface area contributed by atoms with E-state index in [2.05, 4.69) is 20.5 Å². The van der Waals surface area contributed by atoms with Gasteiger partial charge in [0.15, 0.2) is 0 Å². The van der Waals surface area contributed by atoms with Crippen molar-refractivity contribution in [3.05, 3.63) is 41.7 Å². The lowest BCUT2D eigenvalue weighted by Crippen LogP contribution is -2.07. The van der Waals surface area contributed by atoms with Crippen molar-refractivity contribution in [3.8, 4) is 0 Å². The molecule has 22 heavy (non-hydrogen) atoms. The number of fused-ring (bicyclic) bond motifs is 1. The van der Waals surface area contributed by atoms with Gasteiger partial charge in [-0.3, -0.25) is 9.48 Å². The third-order valence-electron chi connectivity index (χ3n) is 4.01. The molecule has 0 amide bonds. The van der Waals surface area contributed by atoms with Gasteiger partial charge in [-0.1, -0.05) is 6.07 Å². The van der Waals surface area contributed by atoms with Crippen LogP contribution >= 0.6 is 0 Å². The molecular weight excluding hydrogens is 282 g/mol. The predicted molar refractivity (Wildman–Crippen MR) is 77.7 cm³/mol. The van der Waals surface area contributed by atoms with Crippen LogP contribution in [0.3, 0.4) is 0 Å². The Hall–Kier alpha value is -2.70. The molecule has 1 aromatic carbocycles. The number of carbonyl (C=O) groups excluding carboxylic acids is 1. The van der Waals surface area contributed by atoms with Crippen LogP contribution in [0.15, 0.2) is 30.6 Å². The molecule has 7 heteroatoms. The summed E-state index contributed by atoms with van der Waals surface area (Å²) in [5.41, 5.74) is 3.59. The second-order valence-electron chi connectivity index (χ2n) is 5.65. The minimum atomic E-state index is -0.144. The summed E-state index contributed by atoms with van der Waals surface area (Å²) in [6.45, 7) is 0.262. The Labute approximate surface area is 126 Å². The molecule has 1 fully saturated rings. The smallest absolute Gasteiger partial charge is 0.309 e. The first-order chi connectivity index (χ1) is 10.7. The largest absolute Gasteiger partial charge is 0.461 e. The lowest BCUT2D eigenvalue weighted by Gasteiger charge is -2.04. The standard InChI is InChI=1S/C15H15N5O2/c1-20-7-10(6-16-20)11-5-12(11)15(21)22-8-9-2-3-13-14(4-9)18-19-17-13/h2-4,6-7,11-12H,5,8H2,1H3,(H,17,18,19)/t11-,12-/m1/s1. The van der Waals surface area contributed by atoms with E-state index in [9.17, 15) is 4.79 Å². The highest BCUT2D eigenvalue weighted by Gasteiger charge is 2.45. The highest BCUT2D eigenvalue weighted by atomic mass is 16.5. The van der Waals surface area contributed by atoms with Crippen molar-refractivity contribution in [2.24, 2.45) is 13.0 Å². The van der Waals surface area contributed by atoms with Crippen LogP contribution in [0.25, 0.3) is 11.0 Å². The molecule has 1 aliphatic rings. The number of ether oxygens (including phenoxy) is 1. The molecule has 4 rings (SSSR count). The number of aryl methyl sites for hydroxylation is 1. The van der Waals surface area contributed by atoms with E-state index >= 15 is 0 Å². The number of nitrogens with one attached hydrogen (secondary N) is 1. The molecular formula is C15H15N5O2. The van der Waals surface area contributed by atoms with Gasteiger partial charge in [-0.15, -0.1) is 0 Å². The van der Waals surface area contributed by atoms with E-state index in [1.807, 2.05) is 37.6 Å². The van der Waals surface area contributed by atoms with E-state index in [1.165, 1.54) is 0 Å². The Bertz CT molecular complexity index is 837. The number of H-pyrrole nitrogens is 1. The maximum absolute atomic E-state index is 12.1. The van der Waals surface area contributed by atoms with Crippen LogP contribution in [-0.2, 0) is 23.2 Å². The number of hydrogen-bond acceptors (Lipinski definition) is 5. The second-order valence-corrected chi connectivity index (χ2v) is 5.65. The van der Waals surface area contributed by atoms with Crippen molar-refractivity contribution in [1.82, 2.24) is 25.2 Å². The molecule has 1 N–H and O–H groups in total. The lowest BCUT2D eigenvalue weighted by atomic mass is 10.2. The van der Waals surface area contributed by atoms with Crippen molar-refractivity contribution in [3.63, 3.8) is 0 Å². The van der Waals surface area contributed by atoms with E-state index in [1.54, 1.807) is 4.68 Å². The Morgan fingerprint density at radius 1 is 1.41 bits per heavy atom. The molecule has 0 radical (unpaired) electrons. The fourth-order valence-corrected chi connectivity index (χ4v) is 2.69. The van der Waals surface area contributed by atoms with Crippen LogP contribution in [0, 0.1) is 5.92 Å². The van der Waals surface area contributed by atoms with E-state index in [-0.39, 0.29) is 24.4 Å².